The van der Waals surface area contributed by atoms with Gasteiger partial charge in [-0.15, -0.1) is 0 Å². The van der Waals surface area contributed by atoms with Gasteiger partial charge in [-0.1, -0.05) is 36.4 Å². The van der Waals surface area contributed by atoms with Crippen molar-refractivity contribution in [1.82, 2.24) is 10.2 Å². The van der Waals surface area contributed by atoms with Gasteiger partial charge in [-0.25, -0.2) is 0 Å². The molecule has 1 unspecified atom stereocenters. The van der Waals surface area contributed by atoms with E-state index in [-0.39, 0.29) is 11.9 Å². The maximum Gasteiger partial charge on any atom is 0.254 e. The lowest BCUT2D eigenvalue weighted by Gasteiger charge is -2.37. The fourth-order valence-corrected chi connectivity index (χ4v) is 3.13. The van der Waals surface area contributed by atoms with Crippen molar-refractivity contribution in [2.45, 2.75) is 13.0 Å². The molecule has 1 atom stereocenters. The van der Waals surface area contributed by atoms with E-state index < -0.39 is 0 Å². The molecule has 1 aliphatic rings. The minimum atomic E-state index is -0.0213. The van der Waals surface area contributed by atoms with Gasteiger partial charge in [0.05, 0.1) is 13.2 Å². The molecule has 0 aromatic heterocycles. The molecule has 1 heterocycles. The first-order valence-corrected chi connectivity index (χ1v) is 7.92. The molecule has 1 fully saturated rings. The van der Waals surface area contributed by atoms with E-state index in [9.17, 15) is 4.79 Å². The fourth-order valence-electron chi connectivity index (χ4n) is 3.13. The smallest absolute Gasteiger partial charge is 0.254 e. The van der Waals surface area contributed by atoms with Crippen LogP contribution < -0.4 is 10.1 Å². The maximum atomic E-state index is 13.1. The number of aryl methyl sites for hydroxylation is 1. The number of rotatable bonds is 3. The minimum absolute atomic E-state index is 0.0213. The Kier molecular flexibility index (Phi) is 4.63. The van der Waals surface area contributed by atoms with Crippen LogP contribution in [-0.2, 0) is 0 Å². The summed E-state index contributed by atoms with van der Waals surface area (Å²) in [5.41, 5.74) is 2.83. The second kappa shape index (κ2) is 6.84. The fraction of sp³-hybridized carbons (Fsp3) is 0.316. The molecule has 23 heavy (non-hydrogen) atoms. The summed E-state index contributed by atoms with van der Waals surface area (Å²) in [7, 11) is 1.67. The summed E-state index contributed by atoms with van der Waals surface area (Å²) in [6.45, 7) is 4.21. The number of methoxy groups -OCH3 is 1. The molecular weight excluding hydrogens is 288 g/mol. The molecule has 2 aromatic carbocycles. The summed E-state index contributed by atoms with van der Waals surface area (Å²) in [5.74, 6) is 0.907. The van der Waals surface area contributed by atoms with Crippen molar-refractivity contribution in [3.8, 4) is 5.75 Å². The molecular formula is C19H22N2O2. The number of nitrogens with zero attached hydrogens (tertiary/aromatic N) is 1. The van der Waals surface area contributed by atoms with Gasteiger partial charge in [-0.05, 0) is 24.6 Å². The molecule has 120 valence electrons. The summed E-state index contributed by atoms with van der Waals surface area (Å²) < 4.78 is 5.49. The third-order valence-electron chi connectivity index (χ3n) is 4.38. The standard InChI is InChI=1S/C19H22N2O2/c1-14-7-3-4-8-15(14)19(22)21-12-11-20-13-17(21)16-9-5-6-10-18(16)23-2/h3-10,17,20H,11-13H2,1-2H3. The zero-order chi connectivity index (χ0) is 16.2. The number of ether oxygens (including phenoxy) is 1. The minimum Gasteiger partial charge on any atom is -0.496 e. The summed E-state index contributed by atoms with van der Waals surface area (Å²) in [6, 6.07) is 15.7. The number of para-hydroxylation sites is 1. The zero-order valence-corrected chi connectivity index (χ0v) is 13.6. The van der Waals surface area contributed by atoms with Crippen LogP contribution in [0, 0.1) is 6.92 Å². The van der Waals surface area contributed by atoms with E-state index in [0.29, 0.717) is 6.54 Å². The van der Waals surface area contributed by atoms with Gasteiger partial charge in [0.1, 0.15) is 5.75 Å². The second-order valence-corrected chi connectivity index (χ2v) is 5.78. The molecule has 0 bridgehead atoms. The van der Waals surface area contributed by atoms with Crippen LogP contribution in [0.15, 0.2) is 48.5 Å². The number of nitrogens with one attached hydrogen (secondary N) is 1. The number of amides is 1. The Balaban J connectivity index is 1.96. The number of hydrogen-bond acceptors (Lipinski definition) is 3. The van der Waals surface area contributed by atoms with Gasteiger partial charge in [-0.3, -0.25) is 4.79 Å². The van der Waals surface area contributed by atoms with E-state index in [1.54, 1.807) is 7.11 Å². The van der Waals surface area contributed by atoms with Crippen LogP contribution in [0.2, 0.25) is 0 Å². The molecule has 1 saturated heterocycles. The van der Waals surface area contributed by atoms with Gasteiger partial charge in [0.25, 0.3) is 5.91 Å². The van der Waals surface area contributed by atoms with Crippen LogP contribution in [0.4, 0.5) is 0 Å². The van der Waals surface area contributed by atoms with Crippen LogP contribution in [0.5, 0.6) is 5.75 Å². The predicted octanol–water partition coefficient (Wildman–Crippen LogP) is 2.79. The quantitative estimate of drug-likeness (QED) is 0.948. The molecule has 1 N–H and O–H groups in total. The Bertz CT molecular complexity index is 699. The third-order valence-corrected chi connectivity index (χ3v) is 4.38. The molecule has 2 aromatic rings. The molecule has 4 nitrogen and oxygen atoms in total. The van der Waals surface area contributed by atoms with E-state index in [4.69, 9.17) is 4.74 Å². The van der Waals surface area contributed by atoms with Gasteiger partial charge < -0.3 is 15.0 Å². The van der Waals surface area contributed by atoms with Crippen molar-refractivity contribution in [2.75, 3.05) is 26.7 Å². The highest BCUT2D eigenvalue weighted by Gasteiger charge is 2.30. The van der Waals surface area contributed by atoms with E-state index in [1.807, 2.05) is 60.4 Å². The van der Waals surface area contributed by atoms with E-state index in [2.05, 4.69) is 5.32 Å². The number of carbonyl (C=O) groups is 1. The number of piperazine rings is 1. The molecule has 0 radical (unpaired) electrons. The molecule has 1 amide bonds. The average Bonchev–Trinajstić information content (AvgIpc) is 2.61. The lowest BCUT2D eigenvalue weighted by Crippen LogP contribution is -2.48. The lowest BCUT2D eigenvalue weighted by molar-refractivity contribution is 0.0631. The van der Waals surface area contributed by atoms with Crippen LogP contribution in [0.3, 0.4) is 0 Å². The molecule has 3 rings (SSSR count). The van der Waals surface area contributed by atoms with Crippen molar-refractivity contribution >= 4 is 5.91 Å². The SMILES string of the molecule is COc1ccccc1C1CNCCN1C(=O)c1ccccc1C. The summed E-state index contributed by atoms with van der Waals surface area (Å²) >= 11 is 0. The Labute approximate surface area is 137 Å². The Morgan fingerprint density at radius 2 is 1.91 bits per heavy atom. The number of benzene rings is 2. The summed E-state index contributed by atoms with van der Waals surface area (Å²) in [4.78, 5) is 15.0. The highest BCUT2D eigenvalue weighted by Crippen LogP contribution is 2.31. The Morgan fingerprint density at radius 3 is 2.70 bits per heavy atom. The Morgan fingerprint density at radius 1 is 1.17 bits per heavy atom. The maximum absolute atomic E-state index is 13.1. The van der Waals surface area contributed by atoms with Crippen LogP contribution in [0.1, 0.15) is 27.5 Å². The highest BCUT2D eigenvalue weighted by molar-refractivity contribution is 5.96. The van der Waals surface area contributed by atoms with Gasteiger partial charge in [-0.2, -0.15) is 0 Å². The monoisotopic (exact) mass is 310 g/mol. The van der Waals surface area contributed by atoms with Gasteiger partial charge in [0.2, 0.25) is 0 Å². The van der Waals surface area contributed by atoms with Crippen molar-refractivity contribution in [3.05, 3.63) is 65.2 Å². The molecule has 0 saturated carbocycles. The van der Waals surface area contributed by atoms with E-state index in [1.165, 1.54) is 0 Å². The summed E-state index contributed by atoms with van der Waals surface area (Å²) in [5, 5.41) is 3.39. The van der Waals surface area contributed by atoms with Gasteiger partial charge >= 0.3 is 0 Å². The largest absolute Gasteiger partial charge is 0.496 e. The average molecular weight is 310 g/mol. The van der Waals surface area contributed by atoms with E-state index in [0.717, 1.165) is 35.5 Å². The Hall–Kier alpha value is -2.33. The van der Waals surface area contributed by atoms with Crippen molar-refractivity contribution in [1.29, 1.82) is 0 Å². The first kappa shape index (κ1) is 15.6. The van der Waals surface area contributed by atoms with Crippen molar-refractivity contribution in [2.24, 2.45) is 0 Å². The first-order valence-electron chi connectivity index (χ1n) is 7.92. The number of carbonyl (C=O) groups excluding carboxylic acids is 1. The van der Waals surface area contributed by atoms with Crippen LogP contribution >= 0.6 is 0 Å². The van der Waals surface area contributed by atoms with Gasteiger partial charge in [0.15, 0.2) is 0 Å². The zero-order valence-electron chi connectivity index (χ0n) is 13.6. The molecule has 4 heteroatoms. The van der Waals surface area contributed by atoms with Crippen LogP contribution in [0.25, 0.3) is 0 Å². The summed E-state index contributed by atoms with van der Waals surface area (Å²) in [6.07, 6.45) is 0. The predicted molar refractivity (Wildman–Crippen MR) is 90.8 cm³/mol. The van der Waals surface area contributed by atoms with Gasteiger partial charge in [0, 0.05) is 30.8 Å². The normalized spacial score (nSPS) is 17.8. The second-order valence-electron chi connectivity index (χ2n) is 5.78. The topological polar surface area (TPSA) is 41.6 Å². The highest BCUT2D eigenvalue weighted by atomic mass is 16.5. The van der Waals surface area contributed by atoms with E-state index >= 15 is 0 Å². The lowest BCUT2D eigenvalue weighted by atomic mass is 9.99. The van der Waals surface area contributed by atoms with Crippen LogP contribution in [-0.4, -0.2) is 37.6 Å². The molecule has 1 aliphatic heterocycles. The molecule has 0 spiro atoms. The third kappa shape index (κ3) is 3.08. The molecule has 0 aliphatic carbocycles. The van der Waals surface area contributed by atoms with Crippen molar-refractivity contribution < 1.29 is 9.53 Å². The number of hydrogen-bond donors (Lipinski definition) is 1. The van der Waals surface area contributed by atoms with Crippen molar-refractivity contribution in [3.63, 3.8) is 0 Å². The first-order chi connectivity index (χ1) is 11.2.